The summed E-state index contributed by atoms with van der Waals surface area (Å²) in [6, 6.07) is 7.70. The average molecular weight is 287 g/mol. The summed E-state index contributed by atoms with van der Waals surface area (Å²) in [6.07, 6.45) is 2.14. The van der Waals surface area contributed by atoms with E-state index < -0.39 is 5.60 Å². The zero-order valence-electron chi connectivity index (χ0n) is 12.3. The Morgan fingerprint density at radius 1 is 1.48 bits per heavy atom. The number of rotatable bonds is 4. The molecule has 1 aromatic rings. The fourth-order valence-corrected chi connectivity index (χ4v) is 2.33. The third kappa shape index (κ3) is 4.07. The summed E-state index contributed by atoms with van der Waals surface area (Å²) in [7, 11) is 0. The molecule has 1 saturated heterocycles. The molecule has 0 saturated carbocycles. The van der Waals surface area contributed by atoms with Gasteiger partial charge in [-0.15, -0.1) is 0 Å². The number of aliphatic hydroxyl groups is 1. The van der Waals surface area contributed by atoms with Crippen molar-refractivity contribution < 1.29 is 14.6 Å². The molecule has 1 unspecified atom stereocenters. The Balaban J connectivity index is 2.00. The Labute approximate surface area is 125 Å². The van der Waals surface area contributed by atoms with Gasteiger partial charge in [0.25, 0.3) is 5.91 Å². The molecule has 1 amide bonds. The van der Waals surface area contributed by atoms with Crippen molar-refractivity contribution in [2.75, 3.05) is 13.2 Å². The number of hydrogen-bond acceptors (Lipinski definition) is 3. The monoisotopic (exact) mass is 287 g/mol. The van der Waals surface area contributed by atoms with Gasteiger partial charge in [0.2, 0.25) is 0 Å². The molecular weight excluding hydrogens is 266 g/mol. The van der Waals surface area contributed by atoms with Gasteiger partial charge in [-0.05, 0) is 31.4 Å². The van der Waals surface area contributed by atoms with Gasteiger partial charge in [0.1, 0.15) is 5.60 Å². The normalized spacial score (nSPS) is 20.7. The molecule has 0 aliphatic carbocycles. The highest BCUT2D eigenvalue weighted by Crippen LogP contribution is 2.25. The summed E-state index contributed by atoms with van der Waals surface area (Å²) in [5, 5.41) is 11.7. The number of aliphatic hydroxyl groups excluding tert-OH is 1. The molecule has 0 aromatic heterocycles. The quantitative estimate of drug-likeness (QED) is 0.827. The molecule has 4 nitrogen and oxygen atoms in total. The van der Waals surface area contributed by atoms with E-state index in [9.17, 15) is 4.79 Å². The minimum absolute atomic E-state index is 0.0571. The maximum absolute atomic E-state index is 12.2. The number of hydrogen-bond donors (Lipinski definition) is 2. The van der Waals surface area contributed by atoms with Gasteiger partial charge in [-0.2, -0.15) is 0 Å². The van der Waals surface area contributed by atoms with E-state index in [1.54, 1.807) is 0 Å². The standard InChI is InChI=1S/C17H21NO3/c1-17(10-6-12-21-17)16(20)18-13-15-9-3-2-7-14(15)8-4-5-11-19/h2-3,7,9,19H,5-6,10-13H2,1H3,(H,18,20). The summed E-state index contributed by atoms with van der Waals surface area (Å²) >= 11 is 0. The van der Waals surface area contributed by atoms with Crippen molar-refractivity contribution in [2.45, 2.75) is 38.3 Å². The summed E-state index contributed by atoms with van der Waals surface area (Å²) in [5.41, 5.74) is 1.15. The van der Waals surface area contributed by atoms with E-state index in [4.69, 9.17) is 9.84 Å². The summed E-state index contributed by atoms with van der Waals surface area (Å²) in [6.45, 7) is 2.97. The largest absolute Gasteiger partial charge is 0.395 e. The number of amides is 1. The van der Waals surface area contributed by atoms with Gasteiger partial charge in [0.05, 0.1) is 6.61 Å². The molecule has 1 aromatic carbocycles. The second-order valence-corrected chi connectivity index (χ2v) is 5.30. The molecule has 1 aliphatic rings. The summed E-state index contributed by atoms with van der Waals surface area (Å²) in [5.74, 6) is 5.86. The van der Waals surface area contributed by atoms with E-state index in [1.165, 1.54) is 0 Å². The van der Waals surface area contributed by atoms with Crippen molar-refractivity contribution in [3.63, 3.8) is 0 Å². The first-order valence-corrected chi connectivity index (χ1v) is 7.25. The molecule has 21 heavy (non-hydrogen) atoms. The Morgan fingerprint density at radius 3 is 3.00 bits per heavy atom. The molecule has 1 atom stereocenters. The van der Waals surface area contributed by atoms with Gasteiger partial charge in [-0.3, -0.25) is 4.79 Å². The molecule has 1 heterocycles. The Kier molecular flexibility index (Phi) is 5.38. The molecule has 0 bridgehead atoms. The SMILES string of the molecule is CC1(C(=O)NCc2ccccc2C#CCCO)CCCO1. The third-order valence-electron chi connectivity index (χ3n) is 3.62. The maximum atomic E-state index is 12.2. The first-order valence-electron chi connectivity index (χ1n) is 7.25. The van der Waals surface area contributed by atoms with Crippen LogP contribution >= 0.6 is 0 Å². The second-order valence-electron chi connectivity index (χ2n) is 5.30. The molecule has 2 rings (SSSR count). The zero-order valence-corrected chi connectivity index (χ0v) is 12.3. The van der Waals surface area contributed by atoms with Crippen LogP contribution in [0.2, 0.25) is 0 Å². The number of nitrogens with one attached hydrogen (secondary N) is 1. The molecule has 1 fully saturated rings. The van der Waals surface area contributed by atoms with Gasteiger partial charge in [-0.25, -0.2) is 0 Å². The fraction of sp³-hybridized carbons (Fsp3) is 0.471. The second kappa shape index (κ2) is 7.26. The average Bonchev–Trinajstić information content (AvgIpc) is 2.94. The van der Waals surface area contributed by atoms with Gasteiger partial charge in [-0.1, -0.05) is 30.0 Å². The number of ether oxygens (including phenoxy) is 1. The Morgan fingerprint density at radius 2 is 2.29 bits per heavy atom. The predicted molar refractivity (Wildman–Crippen MR) is 80.5 cm³/mol. The minimum atomic E-state index is -0.697. The van der Waals surface area contributed by atoms with E-state index in [-0.39, 0.29) is 12.5 Å². The zero-order chi connectivity index (χ0) is 15.1. The number of carbonyl (C=O) groups is 1. The lowest BCUT2D eigenvalue weighted by Gasteiger charge is -2.22. The van der Waals surface area contributed by atoms with Gasteiger partial charge in [0.15, 0.2) is 0 Å². The maximum Gasteiger partial charge on any atom is 0.252 e. The molecular formula is C17H21NO3. The number of carbonyl (C=O) groups excluding carboxylic acids is 1. The molecule has 1 aliphatic heterocycles. The first kappa shape index (κ1) is 15.6. The molecule has 112 valence electrons. The highest BCUT2D eigenvalue weighted by atomic mass is 16.5. The third-order valence-corrected chi connectivity index (χ3v) is 3.62. The molecule has 2 N–H and O–H groups in total. The summed E-state index contributed by atoms with van der Waals surface area (Å²) in [4.78, 5) is 12.2. The lowest BCUT2D eigenvalue weighted by atomic mass is 10.0. The van der Waals surface area contributed by atoms with E-state index in [0.717, 1.165) is 24.0 Å². The van der Waals surface area contributed by atoms with Crippen molar-refractivity contribution in [2.24, 2.45) is 0 Å². The van der Waals surface area contributed by atoms with Crippen molar-refractivity contribution in [3.05, 3.63) is 35.4 Å². The minimum Gasteiger partial charge on any atom is -0.395 e. The van der Waals surface area contributed by atoms with Crippen molar-refractivity contribution in [3.8, 4) is 11.8 Å². The lowest BCUT2D eigenvalue weighted by Crippen LogP contribution is -2.43. The van der Waals surface area contributed by atoms with Crippen molar-refractivity contribution >= 4 is 5.91 Å². The van der Waals surface area contributed by atoms with Crippen LogP contribution in [0.25, 0.3) is 0 Å². The van der Waals surface area contributed by atoms with E-state index in [2.05, 4.69) is 17.2 Å². The van der Waals surface area contributed by atoms with E-state index >= 15 is 0 Å². The highest BCUT2D eigenvalue weighted by molar-refractivity contribution is 5.85. The van der Waals surface area contributed by atoms with Crippen LogP contribution in [0.3, 0.4) is 0 Å². The van der Waals surface area contributed by atoms with Crippen LogP contribution < -0.4 is 5.32 Å². The van der Waals surface area contributed by atoms with Crippen LogP contribution in [0.4, 0.5) is 0 Å². The smallest absolute Gasteiger partial charge is 0.252 e. The van der Waals surface area contributed by atoms with Crippen LogP contribution in [-0.4, -0.2) is 29.8 Å². The summed E-state index contributed by atoms with van der Waals surface area (Å²) < 4.78 is 5.53. The Hall–Kier alpha value is -1.83. The topological polar surface area (TPSA) is 58.6 Å². The predicted octanol–water partition coefficient (Wildman–Crippen LogP) is 1.61. The van der Waals surface area contributed by atoms with E-state index in [0.29, 0.717) is 19.6 Å². The van der Waals surface area contributed by atoms with Crippen LogP contribution in [0.15, 0.2) is 24.3 Å². The highest BCUT2D eigenvalue weighted by Gasteiger charge is 2.37. The fourth-order valence-electron chi connectivity index (χ4n) is 2.33. The van der Waals surface area contributed by atoms with Crippen LogP contribution in [-0.2, 0) is 16.1 Å². The van der Waals surface area contributed by atoms with Gasteiger partial charge >= 0.3 is 0 Å². The first-order chi connectivity index (χ1) is 10.2. The Bertz CT molecular complexity index is 551. The van der Waals surface area contributed by atoms with Crippen molar-refractivity contribution in [1.29, 1.82) is 0 Å². The van der Waals surface area contributed by atoms with Gasteiger partial charge < -0.3 is 15.2 Å². The molecule has 0 spiro atoms. The van der Waals surface area contributed by atoms with Crippen LogP contribution in [0.5, 0.6) is 0 Å². The van der Waals surface area contributed by atoms with Crippen molar-refractivity contribution in [1.82, 2.24) is 5.32 Å². The van der Waals surface area contributed by atoms with Gasteiger partial charge in [0, 0.05) is 25.1 Å². The lowest BCUT2D eigenvalue weighted by molar-refractivity contribution is -0.139. The van der Waals surface area contributed by atoms with Crippen LogP contribution in [0, 0.1) is 11.8 Å². The van der Waals surface area contributed by atoms with Crippen LogP contribution in [0.1, 0.15) is 37.3 Å². The molecule has 4 heteroatoms. The number of benzene rings is 1. The van der Waals surface area contributed by atoms with E-state index in [1.807, 2.05) is 31.2 Å². The molecule has 0 radical (unpaired) electrons.